The van der Waals surface area contributed by atoms with Crippen molar-refractivity contribution in [3.8, 4) is 0 Å². The molecule has 2 rings (SSSR count). The smallest absolute Gasteiger partial charge is 0.299 e. The number of nitrogens with zero attached hydrogens (tertiary/aromatic N) is 1. The average Bonchev–Trinajstić information content (AvgIpc) is 2.72. The third kappa shape index (κ3) is 3.22. The van der Waals surface area contributed by atoms with Gasteiger partial charge >= 0.3 is 6.18 Å². The van der Waals surface area contributed by atoms with Gasteiger partial charge in [-0.2, -0.15) is 13.2 Å². The number of hydrogen-bond donors (Lipinski definition) is 0. The van der Waals surface area contributed by atoms with Crippen molar-refractivity contribution in [2.24, 2.45) is 0 Å². The zero-order valence-electron chi connectivity index (χ0n) is 9.23. The lowest BCUT2D eigenvalue weighted by Gasteiger charge is -2.17. The minimum atomic E-state index is -4.26. The van der Waals surface area contributed by atoms with Crippen LogP contribution >= 0.6 is 15.9 Å². The maximum atomic E-state index is 12.6. The summed E-state index contributed by atoms with van der Waals surface area (Å²) in [7, 11) is 0. The lowest BCUT2D eigenvalue weighted by atomic mass is 10.1. The summed E-state index contributed by atoms with van der Waals surface area (Å²) >= 11 is 3.31. The molecule has 1 aromatic rings. The van der Waals surface area contributed by atoms with Crippen molar-refractivity contribution < 1.29 is 13.2 Å². The van der Waals surface area contributed by atoms with Crippen LogP contribution in [0.2, 0.25) is 0 Å². The first kappa shape index (κ1) is 12.9. The normalized spacial score (nSPS) is 17.6. The molecule has 1 fully saturated rings. The molecule has 1 aromatic carbocycles. The highest BCUT2D eigenvalue weighted by Crippen LogP contribution is 2.32. The van der Waals surface area contributed by atoms with E-state index >= 15 is 0 Å². The van der Waals surface area contributed by atoms with Gasteiger partial charge in [0.15, 0.2) is 0 Å². The molecule has 5 heteroatoms. The van der Waals surface area contributed by atoms with E-state index in [2.05, 4.69) is 20.8 Å². The fourth-order valence-corrected chi connectivity index (χ4v) is 2.43. The first-order valence-corrected chi connectivity index (χ1v) is 6.34. The molecule has 0 bridgehead atoms. The van der Waals surface area contributed by atoms with Crippen molar-refractivity contribution in [1.82, 2.24) is 4.90 Å². The van der Waals surface area contributed by atoms with Crippen molar-refractivity contribution in [1.29, 1.82) is 0 Å². The lowest BCUT2D eigenvalue weighted by Crippen LogP contribution is -2.19. The Morgan fingerprint density at radius 1 is 1.18 bits per heavy atom. The van der Waals surface area contributed by atoms with Crippen LogP contribution in [0.4, 0.5) is 13.2 Å². The Morgan fingerprint density at radius 3 is 2.41 bits per heavy atom. The van der Waals surface area contributed by atoms with Crippen molar-refractivity contribution in [2.45, 2.75) is 25.6 Å². The predicted octanol–water partition coefficient (Wildman–Crippen LogP) is 4.06. The molecule has 0 spiro atoms. The van der Waals surface area contributed by atoms with Crippen molar-refractivity contribution >= 4 is 15.9 Å². The molecule has 0 saturated carbocycles. The van der Waals surface area contributed by atoms with Gasteiger partial charge in [-0.05, 0) is 49.7 Å². The van der Waals surface area contributed by atoms with Gasteiger partial charge in [0, 0.05) is 11.0 Å². The SMILES string of the molecule is FC(F)(F)c1ccc(Br)c(CN2CCCC2)c1. The molecule has 1 saturated heterocycles. The summed E-state index contributed by atoms with van der Waals surface area (Å²) in [6.07, 6.45) is -1.99. The van der Waals surface area contributed by atoms with Crippen LogP contribution in [0.15, 0.2) is 22.7 Å². The van der Waals surface area contributed by atoms with Gasteiger partial charge < -0.3 is 0 Å². The van der Waals surface area contributed by atoms with Crippen molar-refractivity contribution in [2.75, 3.05) is 13.1 Å². The van der Waals surface area contributed by atoms with Gasteiger partial charge in [0.1, 0.15) is 0 Å². The largest absolute Gasteiger partial charge is 0.416 e. The van der Waals surface area contributed by atoms with Gasteiger partial charge in [-0.1, -0.05) is 15.9 Å². The molecule has 1 heterocycles. The van der Waals surface area contributed by atoms with Crippen LogP contribution < -0.4 is 0 Å². The molecule has 1 aliphatic rings. The Kier molecular flexibility index (Phi) is 3.78. The molecule has 0 atom stereocenters. The third-order valence-electron chi connectivity index (χ3n) is 2.97. The van der Waals surface area contributed by atoms with E-state index in [0.717, 1.165) is 36.5 Å². The van der Waals surface area contributed by atoms with Gasteiger partial charge in [0.2, 0.25) is 0 Å². The van der Waals surface area contributed by atoms with Crippen LogP contribution in [0.3, 0.4) is 0 Å². The van der Waals surface area contributed by atoms with Gasteiger partial charge in [0.05, 0.1) is 5.56 Å². The van der Waals surface area contributed by atoms with Gasteiger partial charge in [-0.25, -0.2) is 0 Å². The van der Waals surface area contributed by atoms with E-state index in [1.165, 1.54) is 12.1 Å². The molecule has 0 N–H and O–H groups in total. The molecule has 94 valence electrons. The minimum Gasteiger partial charge on any atom is -0.299 e. The second-order valence-corrected chi connectivity index (χ2v) is 5.14. The third-order valence-corrected chi connectivity index (χ3v) is 3.74. The fraction of sp³-hybridized carbons (Fsp3) is 0.500. The predicted molar refractivity (Wildman–Crippen MR) is 63.7 cm³/mol. The molecule has 0 amide bonds. The average molecular weight is 308 g/mol. The summed E-state index contributed by atoms with van der Waals surface area (Å²) in [6, 6.07) is 3.83. The van der Waals surface area contributed by atoms with Crippen LogP contribution in [0.1, 0.15) is 24.0 Å². The van der Waals surface area contributed by atoms with E-state index in [1.807, 2.05) is 0 Å². The summed E-state index contributed by atoms with van der Waals surface area (Å²) in [5.74, 6) is 0. The van der Waals surface area contributed by atoms with Crippen LogP contribution in [0.25, 0.3) is 0 Å². The van der Waals surface area contributed by atoms with E-state index in [9.17, 15) is 13.2 Å². The molecule has 0 aliphatic carbocycles. The van der Waals surface area contributed by atoms with Crippen molar-refractivity contribution in [3.05, 3.63) is 33.8 Å². The second kappa shape index (κ2) is 4.98. The van der Waals surface area contributed by atoms with E-state index in [1.54, 1.807) is 0 Å². The van der Waals surface area contributed by atoms with Crippen LogP contribution in [0, 0.1) is 0 Å². The summed E-state index contributed by atoms with van der Waals surface area (Å²) in [5, 5.41) is 0. The zero-order valence-corrected chi connectivity index (χ0v) is 10.8. The minimum absolute atomic E-state index is 0.574. The maximum Gasteiger partial charge on any atom is 0.416 e. The number of alkyl halides is 3. The summed E-state index contributed by atoms with van der Waals surface area (Å²) in [5.41, 5.74) is 0.136. The monoisotopic (exact) mass is 307 g/mol. The molecular weight excluding hydrogens is 295 g/mol. The van der Waals surface area contributed by atoms with Crippen LogP contribution in [0.5, 0.6) is 0 Å². The first-order valence-electron chi connectivity index (χ1n) is 5.55. The highest BCUT2D eigenvalue weighted by Gasteiger charge is 2.31. The lowest BCUT2D eigenvalue weighted by molar-refractivity contribution is -0.137. The molecule has 1 nitrogen and oxygen atoms in total. The number of rotatable bonds is 2. The molecule has 0 unspecified atom stereocenters. The fourth-order valence-electron chi connectivity index (χ4n) is 2.05. The summed E-state index contributed by atoms with van der Waals surface area (Å²) < 4.78 is 38.5. The Bertz CT molecular complexity index is 397. The first-order chi connectivity index (χ1) is 7.97. The van der Waals surface area contributed by atoms with Crippen LogP contribution in [-0.4, -0.2) is 18.0 Å². The number of likely N-dealkylation sites (tertiary alicyclic amines) is 1. The highest BCUT2D eigenvalue weighted by atomic mass is 79.9. The van der Waals surface area contributed by atoms with E-state index in [-0.39, 0.29) is 0 Å². The zero-order chi connectivity index (χ0) is 12.5. The van der Waals surface area contributed by atoms with E-state index in [4.69, 9.17) is 0 Å². The Labute approximate surface area is 107 Å². The van der Waals surface area contributed by atoms with E-state index < -0.39 is 11.7 Å². The number of benzene rings is 1. The molecule has 1 aliphatic heterocycles. The number of hydrogen-bond acceptors (Lipinski definition) is 1. The molecule has 17 heavy (non-hydrogen) atoms. The quantitative estimate of drug-likeness (QED) is 0.796. The Morgan fingerprint density at radius 2 is 1.82 bits per heavy atom. The molecule has 0 aromatic heterocycles. The van der Waals surface area contributed by atoms with E-state index in [0.29, 0.717) is 12.1 Å². The van der Waals surface area contributed by atoms with Crippen LogP contribution in [-0.2, 0) is 12.7 Å². The molecular formula is C12H13BrF3N. The van der Waals surface area contributed by atoms with Gasteiger partial charge in [-0.3, -0.25) is 4.90 Å². The summed E-state index contributed by atoms with van der Waals surface area (Å²) in [6.45, 7) is 2.54. The Hall–Kier alpha value is -0.550. The summed E-state index contributed by atoms with van der Waals surface area (Å²) in [4.78, 5) is 2.18. The number of halogens is 4. The van der Waals surface area contributed by atoms with Gasteiger partial charge in [-0.15, -0.1) is 0 Å². The topological polar surface area (TPSA) is 3.24 Å². The van der Waals surface area contributed by atoms with Crippen molar-refractivity contribution in [3.63, 3.8) is 0 Å². The molecule has 0 radical (unpaired) electrons. The maximum absolute atomic E-state index is 12.6. The Balaban J connectivity index is 2.20. The van der Waals surface area contributed by atoms with Gasteiger partial charge in [0.25, 0.3) is 0 Å². The standard InChI is InChI=1S/C12H13BrF3N/c13-11-4-3-10(12(14,15)16)7-9(11)8-17-5-1-2-6-17/h3-4,7H,1-2,5-6,8H2. The second-order valence-electron chi connectivity index (χ2n) is 4.29. The highest BCUT2D eigenvalue weighted by molar-refractivity contribution is 9.10.